The molecule has 0 atom stereocenters. The van der Waals surface area contributed by atoms with E-state index in [1.807, 2.05) is 6.07 Å². The van der Waals surface area contributed by atoms with Crippen LogP contribution in [0.25, 0.3) is 11.3 Å². The zero-order chi connectivity index (χ0) is 13.2. The summed E-state index contributed by atoms with van der Waals surface area (Å²) in [5, 5.41) is 8.91. The molecule has 0 bridgehead atoms. The van der Waals surface area contributed by atoms with E-state index in [4.69, 9.17) is 5.26 Å². The number of aromatic nitrogens is 1. The van der Waals surface area contributed by atoms with E-state index >= 15 is 0 Å². The standard InChI is InChI=1S/C13H7F3N2/c14-13(15,16)10-5-4-9(8-17)11(7-10)12-3-1-2-6-18-12/h1-7H. The topological polar surface area (TPSA) is 36.7 Å². The van der Waals surface area contributed by atoms with E-state index in [-0.39, 0.29) is 11.1 Å². The van der Waals surface area contributed by atoms with Crippen LogP contribution >= 0.6 is 0 Å². The molecule has 0 spiro atoms. The van der Waals surface area contributed by atoms with Gasteiger partial charge in [0.25, 0.3) is 0 Å². The van der Waals surface area contributed by atoms with Crippen LogP contribution in [0.4, 0.5) is 13.2 Å². The van der Waals surface area contributed by atoms with Crippen LogP contribution in [0.15, 0.2) is 42.6 Å². The van der Waals surface area contributed by atoms with Gasteiger partial charge in [0.15, 0.2) is 0 Å². The summed E-state index contributed by atoms with van der Waals surface area (Å²) in [7, 11) is 0. The highest BCUT2D eigenvalue weighted by Crippen LogP contribution is 2.33. The molecule has 18 heavy (non-hydrogen) atoms. The highest BCUT2D eigenvalue weighted by Gasteiger charge is 2.31. The number of rotatable bonds is 1. The smallest absolute Gasteiger partial charge is 0.256 e. The number of hydrogen-bond acceptors (Lipinski definition) is 2. The number of nitrogens with zero attached hydrogens (tertiary/aromatic N) is 2. The Morgan fingerprint density at radius 3 is 2.44 bits per heavy atom. The molecule has 1 heterocycles. The molecule has 0 fully saturated rings. The van der Waals surface area contributed by atoms with Crippen molar-refractivity contribution in [3.63, 3.8) is 0 Å². The van der Waals surface area contributed by atoms with E-state index in [9.17, 15) is 13.2 Å². The first kappa shape index (κ1) is 12.1. The maximum atomic E-state index is 12.6. The van der Waals surface area contributed by atoms with Gasteiger partial charge >= 0.3 is 6.18 Å². The fraction of sp³-hybridized carbons (Fsp3) is 0.0769. The predicted octanol–water partition coefficient (Wildman–Crippen LogP) is 3.64. The SMILES string of the molecule is N#Cc1ccc(C(F)(F)F)cc1-c1ccccn1. The van der Waals surface area contributed by atoms with Gasteiger partial charge in [-0.05, 0) is 30.3 Å². The molecule has 0 aliphatic carbocycles. The second-order valence-corrected chi connectivity index (χ2v) is 3.58. The van der Waals surface area contributed by atoms with E-state index in [1.54, 1.807) is 18.2 Å². The molecular formula is C13H7F3N2. The molecule has 1 aromatic carbocycles. The Labute approximate surface area is 101 Å². The Bertz CT molecular complexity index is 598. The van der Waals surface area contributed by atoms with Crippen molar-refractivity contribution in [1.29, 1.82) is 5.26 Å². The molecule has 0 unspecified atom stereocenters. The van der Waals surface area contributed by atoms with Gasteiger partial charge < -0.3 is 0 Å². The first-order valence-electron chi connectivity index (χ1n) is 5.05. The van der Waals surface area contributed by atoms with Crippen LogP contribution in [0.3, 0.4) is 0 Å². The molecule has 0 saturated heterocycles. The van der Waals surface area contributed by atoms with Crippen LogP contribution in [-0.4, -0.2) is 4.98 Å². The van der Waals surface area contributed by atoms with Gasteiger partial charge in [-0.25, -0.2) is 0 Å². The first-order chi connectivity index (χ1) is 8.52. The van der Waals surface area contributed by atoms with E-state index in [0.29, 0.717) is 5.69 Å². The summed E-state index contributed by atoms with van der Waals surface area (Å²) in [6.07, 6.45) is -2.96. The summed E-state index contributed by atoms with van der Waals surface area (Å²) in [6, 6.07) is 9.74. The van der Waals surface area contributed by atoms with Crippen LogP contribution in [0.5, 0.6) is 0 Å². The summed E-state index contributed by atoms with van der Waals surface area (Å²) in [4.78, 5) is 3.96. The lowest BCUT2D eigenvalue weighted by Crippen LogP contribution is -2.05. The number of halogens is 3. The molecule has 0 radical (unpaired) electrons. The second-order valence-electron chi connectivity index (χ2n) is 3.58. The highest BCUT2D eigenvalue weighted by atomic mass is 19.4. The lowest BCUT2D eigenvalue weighted by molar-refractivity contribution is -0.137. The molecule has 0 aliphatic rings. The lowest BCUT2D eigenvalue weighted by Gasteiger charge is -2.09. The van der Waals surface area contributed by atoms with Crippen LogP contribution in [0, 0.1) is 11.3 Å². The Hall–Kier alpha value is -2.35. The second kappa shape index (κ2) is 4.49. The zero-order valence-electron chi connectivity index (χ0n) is 9.07. The third-order valence-corrected chi connectivity index (χ3v) is 2.41. The minimum absolute atomic E-state index is 0.168. The summed E-state index contributed by atoms with van der Waals surface area (Å²) < 4.78 is 37.8. The van der Waals surface area contributed by atoms with Gasteiger partial charge in [0.2, 0.25) is 0 Å². The van der Waals surface area contributed by atoms with Crippen molar-refractivity contribution in [1.82, 2.24) is 4.98 Å². The Morgan fingerprint density at radius 1 is 1.11 bits per heavy atom. The Morgan fingerprint density at radius 2 is 1.89 bits per heavy atom. The van der Waals surface area contributed by atoms with Gasteiger partial charge in [0.1, 0.15) is 0 Å². The Balaban J connectivity index is 2.62. The van der Waals surface area contributed by atoms with Gasteiger partial charge in [-0.3, -0.25) is 4.98 Å². The average molecular weight is 248 g/mol. The van der Waals surface area contributed by atoms with Gasteiger partial charge in [0.05, 0.1) is 22.9 Å². The minimum Gasteiger partial charge on any atom is -0.256 e. The minimum atomic E-state index is -4.43. The number of benzene rings is 1. The molecule has 5 heteroatoms. The fourth-order valence-corrected chi connectivity index (χ4v) is 1.55. The van der Waals surface area contributed by atoms with Gasteiger partial charge in [0, 0.05) is 11.8 Å². The van der Waals surface area contributed by atoms with Crippen LogP contribution in [0.2, 0.25) is 0 Å². The summed E-state index contributed by atoms with van der Waals surface area (Å²) in [6.45, 7) is 0. The molecule has 1 aromatic heterocycles. The van der Waals surface area contributed by atoms with Crippen molar-refractivity contribution in [2.75, 3.05) is 0 Å². The van der Waals surface area contributed by atoms with Crippen molar-refractivity contribution in [2.45, 2.75) is 6.18 Å². The number of alkyl halides is 3. The van der Waals surface area contributed by atoms with Crippen molar-refractivity contribution < 1.29 is 13.2 Å². The molecule has 0 aliphatic heterocycles. The van der Waals surface area contributed by atoms with Crippen LogP contribution < -0.4 is 0 Å². The fourth-order valence-electron chi connectivity index (χ4n) is 1.55. The predicted molar refractivity (Wildman–Crippen MR) is 59.4 cm³/mol. The lowest BCUT2D eigenvalue weighted by atomic mass is 10.0. The quantitative estimate of drug-likeness (QED) is 0.772. The molecule has 2 rings (SSSR count). The number of nitriles is 1. The molecule has 2 aromatic rings. The molecule has 0 N–H and O–H groups in total. The van der Waals surface area contributed by atoms with Gasteiger partial charge in [-0.15, -0.1) is 0 Å². The van der Waals surface area contributed by atoms with Crippen LogP contribution in [0.1, 0.15) is 11.1 Å². The average Bonchev–Trinajstić information content (AvgIpc) is 2.38. The molecule has 0 saturated carbocycles. The van der Waals surface area contributed by atoms with Gasteiger partial charge in [-0.2, -0.15) is 18.4 Å². The van der Waals surface area contributed by atoms with Crippen molar-refractivity contribution in [2.24, 2.45) is 0 Å². The van der Waals surface area contributed by atoms with Crippen LogP contribution in [-0.2, 0) is 6.18 Å². The maximum absolute atomic E-state index is 12.6. The molecular weight excluding hydrogens is 241 g/mol. The zero-order valence-corrected chi connectivity index (χ0v) is 9.07. The van der Waals surface area contributed by atoms with E-state index < -0.39 is 11.7 Å². The summed E-state index contributed by atoms with van der Waals surface area (Å²) in [5.74, 6) is 0. The normalized spacial score (nSPS) is 11.0. The number of hydrogen-bond donors (Lipinski definition) is 0. The van der Waals surface area contributed by atoms with E-state index in [2.05, 4.69) is 4.98 Å². The Kier molecular flexibility index (Phi) is 3.02. The largest absolute Gasteiger partial charge is 0.416 e. The highest BCUT2D eigenvalue weighted by molar-refractivity contribution is 5.68. The van der Waals surface area contributed by atoms with Crippen molar-refractivity contribution >= 4 is 0 Å². The molecule has 90 valence electrons. The maximum Gasteiger partial charge on any atom is 0.416 e. The molecule has 0 amide bonds. The molecule has 2 nitrogen and oxygen atoms in total. The van der Waals surface area contributed by atoms with Gasteiger partial charge in [-0.1, -0.05) is 6.07 Å². The van der Waals surface area contributed by atoms with Crippen molar-refractivity contribution in [3.05, 3.63) is 53.7 Å². The first-order valence-corrected chi connectivity index (χ1v) is 5.05. The van der Waals surface area contributed by atoms with Crippen molar-refractivity contribution in [3.8, 4) is 17.3 Å². The number of pyridine rings is 1. The monoisotopic (exact) mass is 248 g/mol. The summed E-state index contributed by atoms with van der Waals surface area (Å²) in [5.41, 5.74) is -0.0862. The van der Waals surface area contributed by atoms with E-state index in [1.165, 1.54) is 6.20 Å². The third-order valence-electron chi connectivity index (χ3n) is 2.41. The van der Waals surface area contributed by atoms with E-state index in [0.717, 1.165) is 18.2 Å². The third kappa shape index (κ3) is 2.33. The summed E-state index contributed by atoms with van der Waals surface area (Å²) >= 11 is 0.